The smallest absolute Gasteiger partial charge is 0.195 e. The van der Waals surface area contributed by atoms with Gasteiger partial charge in [-0.15, -0.1) is 0 Å². The Morgan fingerprint density at radius 1 is 0.783 bits per heavy atom. The Morgan fingerprint density at radius 2 is 1.26 bits per heavy atom. The highest BCUT2D eigenvalue weighted by atomic mass is 127. The second-order valence-electron chi connectivity index (χ2n) is 5.66. The molecule has 5 heteroatoms. The van der Waals surface area contributed by atoms with Crippen LogP contribution in [0.4, 0.5) is 0 Å². The third kappa shape index (κ3) is 4.33. The van der Waals surface area contributed by atoms with Crippen LogP contribution in [-0.4, -0.2) is 13.7 Å². The molecule has 1 aliphatic carbocycles. The first-order chi connectivity index (χ1) is 11.2. The van der Waals surface area contributed by atoms with Gasteiger partial charge in [0.25, 0.3) is 0 Å². The summed E-state index contributed by atoms with van der Waals surface area (Å²) in [5.74, 6) is 0. The second-order valence-corrected chi connectivity index (χ2v) is 12.4. The molecule has 3 rings (SSSR count). The molecule has 0 aliphatic heterocycles. The average Bonchev–Trinajstić information content (AvgIpc) is 2.62. The van der Waals surface area contributed by atoms with E-state index < -0.39 is 30.4 Å². The minimum absolute atomic E-state index is 0.330. The molecule has 0 aromatic heterocycles. The number of halogens is 1. The Hall–Kier alpha value is -0.920. The first kappa shape index (κ1) is 16.9. The average molecular weight is 444 g/mol. The van der Waals surface area contributed by atoms with Gasteiger partial charge in [-0.1, -0.05) is 55.7 Å². The van der Waals surface area contributed by atoms with E-state index >= 15 is 0 Å². The van der Waals surface area contributed by atoms with Crippen LogP contribution in [0, 0.1) is 7.14 Å². The van der Waals surface area contributed by atoms with Gasteiger partial charge in [0.05, 0.1) is 5.25 Å². The third-order valence-corrected chi connectivity index (χ3v) is 11.8. The molecule has 0 unspecified atom stereocenters. The van der Waals surface area contributed by atoms with E-state index in [1.54, 1.807) is 0 Å². The van der Waals surface area contributed by atoms with E-state index in [2.05, 4.69) is 0 Å². The van der Waals surface area contributed by atoms with Crippen LogP contribution in [0.3, 0.4) is 0 Å². The van der Waals surface area contributed by atoms with Gasteiger partial charge in [0.1, 0.15) is 0 Å². The van der Waals surface area contributed by atoms with Crippen LogP contribution in [0.5, 0.6) is 0 Å². The van der Waals surface area contributed by atoms with Crippen molar-refractivity contribution < 1.29 is 31.2 Å². The van der Waals surface area contributed by atoms with Crippen LogP contribution < -0.4 is 20.2 Å². The van der Waals surface area contributed by atoms with Gasteiger partial charge in [0.2, 0.25) is 0 Å². The molecule has 0 bridgehead atoms. The lowest BCUT2D eigenvalue weighted by Crippen LogP contribution is -3.85. The fourth-order valence-corrected chi connectivity index (χ4v) is 10.6. The Kier molecular flexibility index (Phi) is 5.71. The van der Waals surface area contributed by atoms with E-state index in [0.717, 1.165) is 39.2 Å². The minimum Gasteiger partial charge on any atom is -0.195 e. The zero-order valence-corrected chi connectivity index (χ0v) is 15.9. The topological polar surface area (TPSA) is 43.4 Å². The highest BCUT2D eigenvalue weighted by molar-refractivity contribution is 7.87. The Morgan fingerprint density at radius 3 is 1.74 bits per heavy atom. The van der Waals surface area contributed by atoms with Crippen molar-refractivity contribution in [3.63, 3.8) is 0 Å². The molecule has 0 N–H and O–H groups in total. The lowest BCUT2D eigenvalue weighted by Gasteiger charge is -2.19. The Bertz CT molecular complexity index is 671. The number of hydrogen-bond donors (Lipinski definition) is 0. The number of rotatable bonds is 5. The van der Waals surface area contributed by atoms with E-state index in [9.17, 15) is 8.42 Å². The molecular weight excluding hydrogens is 423 g/mol. The molecule has 0 saturated heterocycles. The fourth-order valence-electron chi connectivity index (χ4n) is 2.75. The molecule has 23 heavy (non-hydrogen) atoms. The van der Waals surface area contributed by atoms with Crippen molar-refractivity contribution in [3.8, 4) is 0 Å². The lowest BCUT2D eigenvalue weighted by molar-refractivity contribution is -1.03. The van der Waals surface area contributed by atoms with Crippen molar-refractivity contribution in [2.75, 3.05) is 0 Å². The summed E-state index contributed by atoms with van der Waals surface area (Å²) in [7, 11) is -3.51. The summed E-state index contributed by atoms with van der Waals surface area (Å²) in [5, 5.41) is -0.330. The Labute approximate surface area is 146 Å². The van der Waals surface area contributed by atoms with Crippen molar-refractivity contribution in [1.82, 2.24) is 0 Å². The van der Waals surface area contributed by atoms with Gasteiger partial charge in [-0.3, -0.25) is 0 Å². The molecule has 0 spiro atoms. The van der Waals surface area contributed by atoms with E-state index in [1.807, 2.05) is 60.7 Å². The molecule has 2 aromatic rings. The van der Waals surface area contributed by atoms with Crippen LogP contribution in [0.1, 0.15) is 32.1 Å². The van der Waals surface area contributed by atoms with Crippen LogP contribution >= 0.6 is 0 Å². The first-order valence-electron chi connectivity index (χ1n) is 7.91. The predicted octanol–water partition coefficient (Wildman–Crippen LogP) is 0.945. The van der Waals surface area contributed by atoms with Crippen LogP contribution in [-0.2, 0) is 12.6 Å². The molecule has 1 fully saturated rings. The maximum absolute atomic E-state index is 12.8. The van der Waals surface area contributed by atoms with E-state index in [1.165, 1.54) is 0 Å². The summed E-state index contributed by atoms with van der Waals surface area (Å²) in [6, 6.07) is 19.6. The van der Waals surface area contributed by atoms with Crippen molar-refractivity contribution in [2.24, 2.45) is 0 Å². The normalized spacial score (nSPS) is 16.6. The standard InChI is InChI=1S/C18H21IO3S/c20-23(21,18-14-8-3-9-15-18)22-19(16-10-4-1-5-11-16)17-12-6-2-7-13-17/h1-2,4-7,10-13,18H,3,8-9,14-15H2/q+1. The molecule has 2 aromatic carbocycles. The summed E-state index contributed by atoms with van der Waals surface area (Å²) in [4.78, 5) is 0. The van der Waals surface area contributed by atoms with Gasteiger partial charge in [-0.2, -0.15) is 8.42 Å². The molecular formula is C18H21IO3S+. The quantitative estimate of drug-likeness (QED) is 0.646. The number of benzene rings is 2. The van der Waals surface area contributed by atoms with E-state index in [0.29, 0.717) is 0 Å². The molecule has 1 radical (unpaired) electrons. The molecule has 3 nitrogen and oxygen atoms in total. The van der Waals surface area contributed by atoms with Gasteiger partial charge < -0.3 is 0 Å². The summed E-state index contributed by atoms with van der Waals surface area (Å²) in [6.45, 7) is 0. The van der Waals surface area contributed by atoms with Crippen LogP contribution in [0.25, 0.3) is 0 Å². The molecule has 0 amide bonds. The maximum Gasteiger partial charge on any atom is 0.324 e. The lowest BCUT2D eigenvalue weighted by atomic mass is 10.0. The molecule has 123 valence electrons. The monoisotopic (exact) mass is 444 g/mol. The minimum atomic E-state index is -3.51. The molecule has 1 saturated carbocycles. The van der Waals surface area contributed by atoms with Crippen molar-refractivity contribution in [1.29, 1.82) is 0 Å². The highest BCUT2D eigenvalue weighted by Gasteiger charge is 2.40. The van der Waals surface area contributed by atoms with E-state index in [4.69, 9.17) is 2.51 Å². The first-order valence-corrected chi connectivity index (χ1v) is 12.4. The summed E-state index contributed by atoms with van der Waals surface area (Å²) >= 11 is -2.45. The third-order valence-electron chi connectivity index (χ3n) is 3.97. The van der Waals surface area contributed by atoms with Gasteiger partial charge >= 0.3 is 30.4 Å². The Balaban J connectivity index is 1.90. The largest absolute Gasteiger partial charge is 0.324 e. The van der Waals surface area contributed by atoms with Crippen molar-refractivity contribution in [3.05, 3.63) is 67.8 Å². The van der Waals surface area contributed by atoms with Gasteiger partial charge in [0, 0.05) is 0 Å². The van der Waals surface area contributed by atoms with Gasteiger partial charge in [0.15, 0.2) is 7.14 Å². The predicted molar refractivity (Wildman–Crippen MR) is 87.2 cm³/mol. The van der Waals surface area contributed by atoms with Crippen molar-refractivity contribution in [2.45, 2.75) is 37.4 Å². The summed E-state index contributed by atoms with van der Waals surface area (Å²) in [5.41, 5.74) is 0. The molecule has 0 heterocycles. The van der Waals surface area contributed by atoms with Gasteiger partial charge in [-0.05, 0) is 39.6 Å². The van der Waals surface area contributed by atoms with Crippen molar-refractivity contribution >= 4 is 10.1 Å². The summed E-state index contributed by atoms with van der Waals surface area (Å²) < 4.78 is 33.4. The van der Waals surface area contributed by atoms with Gasteiger partial charge in [-0.25, -0.2) is 0 Å². The van der Waals surface area contributed by atoms with Crippen LogP contribution in [0.2, 0.25) is 0 Å². The number of hydrogen-bond acceptors (Lipinski definition) is 3. The zero-order chi connectivity index (χ0) is 16.1. The van der Waals surface area contributed by atoms with E-state index in [-0.39, 0.29) is 5.25 Å². The second kappa shape index (κ2) is 7.77. The molecule has 0 atom stereocenters. The highest BCUT2D eigenvalue weighted by Crippen LogP contribution is 2.23. The van der Waals surface area contributed by atoms with Crippen LogP contribution in [0.15, 0.2) is 60.7 Å². The molecule has 1 aliphatic rings. The zero-order valence-electron chi connectivity index (χ0n) is 12.9. The fraction of sp³-hybridized carbons (Fsp3) is 0.333. The summed E-state index contributed by atoms with van der Waals surface area (Å²) in [6.07, 6.45) is 4.56. The SMILES string of the molecule is O=S(=O)(O[I+](c1ccccc1)c1ccccc1)C1CCCCC1. The maximum atomic E-state index is 12.8.